The van der Waals surface area contributed by atoms with E-state index in [1.165, 1.54) is 28.8 Å². The molecule has 0 aliphatic carbocycles. The zero-order valence-corrected chi connectivity index (χ0v) is 16.5. The fraction of sp³-hybridized carbons (Fsp3) is 0.200. The van der Waals surface area contributed by atoms with Crippen molar-refractivity contribution in [2.45, 2.75) is 25.7 Å². The molecule has 3 aromatic carbocycles. The van der Waals surface area contributed by atoms with Crippen molar-refractivity contribution in [2.24, 2.45) is 0 Å². The maximum Gasteiger partial charge on any atom is 0.140 e. The lowest BCUT2D eigenvalue weighted by Gasteiger charge is -2.25. The van der Waals surface area contributed by atoms with E-state index in [1.54, 1.807) is 0 Å². The second-order valence-electron chi connectivity index (χ2n) is 6.98. The van der Waals surface area contributed by atoms with E-state index in [4.69, 9.17) is 4.74 Å². The minimum atomic E-state index is -1.93. The maximum absolute atomic E-state index is 6.21. The molecule has 3 aromatic rings. The first-order valence-corrected chi connectivity index (χ1v) is 11.7. The molecule has 1 aliphatic heterocycles. The zero-order valence-electron chi connectivity index (χ0n) is 15.6. The SMILES string of the molecule is C(=C1/CCCCCO1)/[P+](c1ccccc1)(c1ccccc1)c1ccccc1. The first-order chi connectivity index (χ1) is 13.4. The highest BCUT2D eigenvalue weighted by Crippen LogP contribution is 2.58. The van der Waals surface area contributed by atoms with Gasteiger partial charge in [0.2, 0.25) is 0 Å². The molecule has 136 valence electrons. The minimum Gasteiger partial charge on any atom is -0.494 e. The Morgan fingerprint density at radius 1 is 0.593 bits per heavy atom. The number of rotatable bonds is 4. The highest BCUT2D eigenvalue weighted by molar-refractivity contribution is 7.98. The molecule has 0 N–H and O–H groups in total. The summed E-state index contributed by atoms with van der Waals surface area (Å²) in [5.41, 5.74) is 0. The van der Waals surface area contributed by atoms with Crippen molar-refractivity contribution >= 4 is 23.2 Å². The number of hydrogen-bond acceptors (Lipinski definition) is 1. The van der Waals surface area contributed by atoms with Gasteiger partial charge in [-0.3, -0.25) is 0 Å². The van der Waals surface area contributed by atoms with Crippen molar-refractivity contribution in [1.82, 2.24) is 0 Å². The maximum atomic E-state index is 6.21. The molecule has 2 heteroatoms. The first-order valence-electron chi connectivity index (χ1n) is 9.80. The Labute approximate surface area is 163 Å². The van der Waals surface area contributed by atoms with Gasteiger partial charge in [0.05, 0.1) is 6.61 Å². The fourth-order valence-corrected chi connectivity index (χ4v) is 7.74. The van der Waals surface area contributed by atoms with Gasteiger partial charge in [-0.25, -0.2) is 0 Å². The zero-order chi connectivity index (χ0) is 18.4. The van der Waals surface area contributed by atoms with Crippen LogP contribution in [0.5, 0.6) is 0 Å². The quantitative estimate of drug-likeness (QED) is 0.556. The summed E-state index contributed by atoms with van der Waals surface area (Å²) in [5.74, 6) is 3.65. The third-order valence-corrected chi connectivity index (χ3v) is 9.20. The summed E-state index contributed by atoms with van der Waals surface area (Å²) in [6.45, 7) is 0.838. The van der Waals surface area contributed by atoms with Crippen LogP contribution in [0.1, 0.15) is 25.7 Å². The van der Waals surface area contributed by atoms with E-state index >= 15 is 0 Å². The molecule has 0 spiro atoms. The van der Waals surface area contributed by atoms with E-state index in [-0.39, 0.29) is 0 Å². The van der Waals surface area contributed by atoms with Gasteiger partial charge in [-0.1, -0.05) is 54.6 Å². The molecule has 4 rings (SSSR count). The van der Waals surface area contributed by atoms with Crippen molar-refractivity contribution in [2.75, 3.05) is 6.61 Å². The van der Waals surface area contributed by atoms with Crippen molar-refractivity contribution in [3.8, 4) is 0 Å². The number of ether oxygens (including phenoxy) is 1. The highest BCUT2D eigenvalue weighted by Gasteiger charge is 2.44. The van der Waals surface area contributed by atoms with Crippen LogP contribution in [0, 0.1) is 0 Å². The lowest BCUT2D eigenvalue weighted by Crippen LogP contribution is -2.30. The fourth-order valence-electron chi connectivity index (χ4n) is 3.83. The second-order valence-corrected chi connectivity index (χ2v) is 10.2. The Balaban J connectivity index is 1.99. The van der Waals surface area contributed by atoms with Crippen LogP contribution >= 0.6 is 7.26 Å². The molecule has 1 heterocycles. The van der Waals surface area contributed by atoms with E-state index < -0.39 is 7.26 Å². The van der Waals surface area contributed by atoms with Gasteiger partial charge in [0.15, 0.2) is 0 Å². The minimum absolute atomic E-state index is 0.838. The topological polar surface area (TPSA) is 9.23 Å². The van der Waals surface area contributed by atoms with Gasteiger partial charge in [-0.05, 0) is 55.7 Å². The highest BCUT2D eigenvalue weighted by atomic mass is 31.2. The van der Waals surface area contributed by atoms with Gasteiger partial charge in [0.1, 0.15) is 34.8 Å². The summed E-state index contributed by atoms with van der Waals surface area (Å²) in [6.07, 6.45) is 4.66. The van der Waals surface area contributed by atoms with Gasteiger partial charge in [0.25, 0.3) is 0 Å². The predicted molar refractivity (Wildman–Crippen MR) is 118 cm³/mol. The van der Waals surface area contributed by atoms with Gasteiger partial charge < -0.3 is 4.74 Å². The van der Waals surface area contributed by atoms with Crippen LogP contribution in [0.15, 0.2) is 103 Å². The van der Waals surface area contributed by atoms with E-state index in [0.717, 1.165) is 25.2 Å². The van der Waals surface area contributed by atoms with Crippen LogP contribution < -0.4 is 15.9 Å². The van der Waals surface area contributed by atoms with E-state index in [0.29, 0.717) is 0 Å². The first kappa shape index (κ1) is 18.0. The van der Waals surface area contributed by atoms with Crippen molar-refractivity contribution in [3.63, 3.8) is 0 Å². The molecule has 0 amide bonds. The van der Waals surface area contributed by atoms with Crippen LogP contribution in [-0.2, 0) is 4.74 Å². The van der Waals surface area contributed by atoms with Crippen LogP contribution in [0.4, 0.5) is 0 Å². The molecule has 27 heavy (non-hydrogen) atoms. The largest absolute Gasteiger partial charge is 0.494 e. The summed E-state index contributed by atoms with van der Waals surface area (Å²) in [5, 5.41) is 4.13. The van der Waals surface area contributed by atoms with Crippen LogP contribution in [0.2, 0.25) is 0 Å². The standard InChI is InChI=1S/C25H26OP/c1-6-14-23(15-7-1)27(24-16-8-2-9-17-24,25-18-10-3-11-19-25)21-22-13-5-4-12-20-26-22/h1-3,6-11,14-19,21H,4-5,12-13,20H2/q+1/b22-21+. The molecule has 0 aromatic heterocycles. The molecule has 0 unspecified atom stereocenters. The summed E-state index contributed by atoms with van der Waals surface area (Å²) < 4.78 is 6.21. The molecule has 1 fully saturated rings. The number of allylic oxidation sites excluding steroid dienone is 1. The summed E-state index contributed by atoms with van der Waals surface area (Å²) >= 11 is 0. The van der Waals surface area contributed by atoms with E-state index in [9.17, 15) is 0 Å². The van der Waals surface area contributed by atoms with Gasteiger partial charge in [-0.15, -0.1) is 0 Å². The molecule has 0 radical (unpaired) electrons. The average Bonchev–Trinajstić information content (AvgIpc) is 3.02. The smallest absolute Gasteiger partial charge is 0.140 e. The molecule has 1 saturated heterocycles. The Kier molecular flexibility index (Phi) is 5.70. The third kappa shape index (κ3) is 3.84. The van der Waals surface area contributed by atoms with Gasteiger partial charge >= 0.3 is 0 Å². The number of benzene rings is 3. The molecule has 1 aliphatic rings. The van der Waals surface area contributed by atoms with Gasteiger partial charge in [-0.2, -0.15) is 0 Å². The Morgan fingerprint density at radius 2 is 1.07 bits per heavy atom. The van der Waals surface area contributed by atoms with Gasteiger partial charge in [0, 0.05) is 6.42 Å². The lowest BCUT2D eigenvalue weighted by molar-refractivity contribution is 0.214. The summed E-state index contributed by atoms with van der Waals surface area (Å²) in [7, 11) is -1.93. The number of hydrogen-bond donors (Lipinski definition) is 0. The average molecular weight is 373 g/mol. The molecule has 0 bridgehead atoms. The lowest BCUT2D eigenvalue weighted by atomic mass is 10.2. The molecular formula is C25H26OP+. The Hall–Kier alpha value is -2.37. The van der Waals surface area contributed by atoms with Crippen LogP contribution in [-0.4, -0.2) is 6.61 Å². The molecule has 0 atom stereocenters. The van der Waals surface area contributed by atoms with E-state index in [1.807, 2.05) is 0 Å². The second kappa shape index (κ2) is 8.55. The molecule has 0 saturated carbocycles. The van der Waals surface area contributed by atoms with Crippen molar-refractivity contribution < 1.29 is 4.74 Å². The summed E-state index contributed by atoms with van der Waals surface area (Å²) in [6, 6.07) is 32.9. The predicted octanol–water partition coefficient (Wildman–Crippen LogP) is 5.41. The third-order valence-electron chi connectivity index (χ3n) is 5.18. The van der Waals surface area contributed by atoms with Crippen LogP contribution in [0.25, 0.3) is 0 Å². The molecular weight excluding hydrogens is 347 g/mol. The van der Waals surface area contributed by atoms with Crippen molar-refractivity contribution in [1.29, 1.82) is 0 Å². The van der Waals surface area contributed by atoms with E-state index in [2.05, 4.69) is 96.8 Å². The van der Waals surface area contributed by atoms with Crippen molar-refractivity contribution in [3.05, 3.63) is 103 Å². The van der Waals surface area contributed by atoms with Crippen LogP contribution in [0.3, 0.4) is 0 Å². The summed E-state index contributed by atoms with van der Waals surface area (Å²) in [4.78, 5) is 0. The Morgan fingerprint density at radius 3 is 1.56 bits per heavy atom. The molecule has 1 nitrogen and oxygen atoms in total. The monoisotopic (exact) mass is 373 g/mol. The normalized spacial score (nSPS) is 16.5. The Bertz CT molecular complexity index is 765.